The average molecular weight is 231 g/mol. The molecule has 0 unspecified atom stereocenters. The second-order valence-electron chi connectivity index (χ2n) is 2.73. The van der Waals surface area contributed by atoms with Crippen LogP contribution in [0.1, 0.15) is 5.56 Å². The van der Waals surface area contributed by atoms with Crippen molar-refractivity contribution in [1.29, 1.82) is 0 Å². The van der Waals surface area contributed by atoms with Crippen molar-refractivity contribution in [2.24, 2.45) is 0 Å². The summed E-state index contributed by atoms with van der Waals surface area (Å²) in [6.45, 7) is 1.10. The van der Waals surface area contributed by atoms with Gasteiger partial charge in [-0.05, 0) is 11.6 Å². The molecule has 0 aliphatic carbocycles. The number of benzene rings is 1. The first-order valence-electron chi connectivity index (χ1n) is 4.36. The molecule has 0 N–H and O–H groups in total. The van der Waals surface area contributed by atoms with Gasteiger partial charge in [0, 0.05) is 10.9 Å². The normalized spacial score (nSPS) is 11.0. The highest BCUT2D eigenvalue weighted by atomic mass is 35.5. The Bertz CT molecular complexity index is 297. The Labute approximate surface area is 94.3 Å². The molecule has 0 spiro atoms. The Morgan fingerprint density at radius 3 is 2.71 bits per heavy atom. The van der Waals surface area contributed by atoms with Crippen LogP contribution in [0, 0.1) is 0 Å². The van der Waals surface area contributed by atoms with Gasteiger partial charge in [-0.1, -0.05) is 42.0 Å². The van der Waals surface area contributed by atoms with Crippen LogP contribution in [0.5, 0.6) is 0 Å². The Hall–Kier alpha value is -0.500. The molecule has 1 aromatic rings. The lowest BCUT2D eigenvalue weighted by atomic mass is 10.2. The maximum atomic E-state index is 5.95. The van der Waals surface area contributed by atoms with Gasteiger partial charge in [-0.2, -0.15) is 0 Å². The summed E-state index contributed by atoms with van der Waals surface area (Å²) in [5, 5.41) is 0.744. The van der Waals surface area contributed by atoms with Crippen molar-refractivity contribution in [3.8, 4) is 0 Å². The average Bonchev–Trinajstić information content (AvgIpc) is 2.20. The van der Waals surface area contributed by atoms with Crippen molar-refractivity contribution in [2.75, 3.05) is 12.5 Å². The minimum atomic E-state index is 0.523. The van der Waals surface area contributed by atoms with Crippen molar-refractivity contribution in [3.05, 3.63) is 47.0 Å². The van der Waals surface area contributed by atoms with Gasteiger partial charge in [-0.15, -0.1) is 11.6 Å². The zero-order chi connectivity index (χ0) is 10.2. The van der Waals surface area contributed by atoms with Gasteiger partial charge in [-0.25, -0.2) is 0 Å². The number of rotatable bonds is 5. The highest BCUT2D eigenvalue weighted by molar-refractivity contribution is 6.31. The molecule has 0 aliphatic rings. The molecule has 0 fully saturated rings. The van der Waals surface area contributed by atoms with E-state index in [1.165, 1.54) is 0 Å². The van der Waals surface area contributed by atoms with Crippen LogP contribution in [0.15, 0.2) is 36.4 Å². The molecule has 1 rings (SSSR count). The predicted molar refractivity (Wildman–Crippen MR) is 61.0 cm³/mol. The largest absolute Gasteiger partial charge is 0.373 e. The first-order chi connectivity index (χ1) is 6.84. The molecule has 0 bridgehead atoms. The van der Waals surface area contributed by atoms with E-state index in [4.69, 9.17) is 27.9 Å². The quantitative estimate of drug-likeness (QED) is 0.427. The van der Waals surface area contributed by atoms with E-state index in [9.17, 15) is 0 Å². The summed E-state index contributed by atoms with van der Waals surface area (Å²) < 4.78 is 5.37. The topological polar surface area (TPSA) is 9.23 Å². The van der Waals surface area contributed by atoms with Crippen molar-refractivity contribution < 1.29 is 4.74 Å². The van der Waals surface area contributed by atoms with E-state index < -0.39 is 0 Å². The first-order valence-corrected chi connectivity index (χ1v) is 5.28. The van der Waals surface area contributed by atoms with E-state index in [2.05, 4.69) is 0 Å². The van der Waals surface area contributed by atoms with E-state index in [0.717, 1.165) is 10.6 Å². The highest BCUT2D eigenvalue weighted by Gasteiger charge is 1.96. The molecule has 14 heavy (non-hydrogen) atoms. The number of halogens is 2. The molecule has 0 saturated heterocycles. The van der Waals surface area contributed by atoms with Crippen molar-refractivity contribution in [3.63, 3.8) is 0 Å². The van der Waals surface area contributed by atoms with Crippen molar-refractivity contribution in [2.45, 2.75) is 6.61 Å². The fourth-order valence-corrected chi connectivity index (χ4v) is 1.30. The predicted octanol–water partition coefficient (Wildman–Crippen LogP) is 3.65. The van der Waals surface area contributed by atoms with Gasteiger partial charge in [-0.3, -0.25) is 0 Å². The monoisotopic (exact) mass is 230 g/mol. The lowest BCUT2D eigenvalue weighted by molar-refractivity contribution is 0.148. The molecule has 3 heteroatoms. The zero-order valence-corrected chi connectivity index (χ0v) is 9.26. The van der Waals surface area contributed by atoms with Crippen LogP contribution in [0.2, 0.25) is 5.02 Å². The first kappa shape index (κ1) is 11.6. The van der Waals surface area contributed by atoms with E-state index in [1.54, 1.807) is 0 Å². The highest BCUT2D eigenvalue weighted by Crippen LogP contribution is 2.15. The molecule has 0 saturated carbocycles. The van der Waals surface area contributed by atoms with Crippen molar-refractivity contribution >= 4 is 23.2 Å². The lowest BCUT2D eigenvalue weighted by Gasteiger charge is -2.03. The minimum Gasteiger partial charge on any atom is -0.373 e. The van der Waals surface area contributed by atoms with Crippen LogP contribution >= 0.6 is 23.2 Å². The minimum absolute atomic E-state index is 0.523. The number of hydrogen-bond acceptors (Lipinski definition) is 1. The van der Waals surface area contributed by atoms with Gasteiger partial charge in [0.1, 0.15) is 0 Å². The SMILES string of the molecule is ClCC=CCOCc1ccccc1Cl. The van der Waals surface area contributed by atoms with Gasteiger partial charge in [0.15, 0.2) is 0 Å². The zero-order valence-electron chi connectivity index (χ0n) is 7.75. The molecule has 0 heterocycles. The molecule has 0 aromatic heterocycles. The molecule has 76 valence electrons. The molecule has 0 aliphatic heterocycles. The fraction of sp³-hybridized carbons (Fsp3) is 0.273. The summed E-state index contributed by atoms with van der Waals surface area (Å²) >= 11 is 11.4. The summed E-state index contributed by atoms with van der Waals surface area (Å²) in [7, 11) is 0. The molecule has 0 amide bonds. The second kappa shape index (κ2) is 6.88. The Morgan fingerprint density at radius 2 is 2.00 bits per heavy atom. The van der Waals surface area contributed by atoms with Crippen molar-refractivity contribution in [1.82, 2.24) is 0 Å². The second-order valence-corrected chi connectivity index (χ2v) is 3.45. The number of hydrogen-bond donors (Lipinski definition) is 0. The van der Waals surface area contributed by atoms with Gasteiger partial charge in [0.2, 0.25) is 0 Å². The smallest absolute Gasteiger partial charge is 0.0735 e. The summed E-state index contributed by atoms with van der Waals surface area (Å²) in [4.78, 5) is 0. The van der Waals surface area contributed by atoms with Gasteiger partial charge < -0.3 is 4.74 Å². The number of allylic oxidation sites excluding steroid dienone is 1. The van der Waals surface area contributed by atoms with Crippen LogP contribution in [0.25, 0.3) is 0 Å². The molecular formula is C11H12Cl2O. The standard InChI is InChI=1S/C11H12Cl2O/c12-7-3-4-8-14-9-10-5-1-2-6-11(10)13/h1-6H,7-9H2. The van der Waals surface area contributed by atoms with E-state index in [-0.39, 0.29) is 0 Å². The fourth-order valence-electron chi connectivity index (χ4n) is 0.983. The third-order valence-electron chi connectivity index (χ3n) is 1.69. The summed E-state index contributed by atoms with van der Waals surface area (Å²) in [6.07, 6.45) is 3.75. The van der Waals surface area contributed by atoms with E-state index in [0.29, 0.717) is 19.1 Å². The summed E-state index contributed by atoms with van der Waals surface area (Å²) in [5.41, 5.74) is 1.01. The lowest BCUT2D eigenvalue weighted by Crippen LogP contribution is -1.93. The third-order valence-corrected chi connectivity index (χ3v) is 2.23. The third kappa shape index (κ3) is 4.14. The van der Waals surface area contributed by atoms with Crippen LogP contribution < -0.4 is 0 Å². The maximum Gasteiger partial charge on any atom is 0.0735 e. The maximum absolute atomic E-state index is 5.95. The Morgan fingerprint density at radius 1 is 1.21 bits per heavy atom. The van der Waals surface area contributed by atoms with Gasteiger partial charge >= 0.3 is 0 Å². The van der Waals surface area contributed by atoms with Crippen LogP contribution in [0.3, 0.4) is 0 Å². The number of alkyl halides is 1. The molecule has 0 radical (unpaired) electrons. The molecular weight excluding hydrogens is 219 g/mol. The Kier molecular flexibility index (Phi) is 5.69. The molecule has 1 nitrogen and oxygen atoms in total. The van der Waals surface area contributed by atoms with Gasteiger partial charge in [0.25, 0.3) is 0 Å². The van der Waals surface area contributed by atoms with E-state index in [1.807, 2.05) is 36.4 Å². The van der Waals surface area contributed by atoms with Crippen LogP contribution in [0.4, 0.5) is 0 Å². The van der Waals surface area contributed by atoms with Gasteiger partial charge in [0.05, 0.1) is 13.2 Å². The van der Waals surface area contributed by atoms with Crippen LogP contribution in [-0.4, -0.2) is 12.5 Å². The summed E-state index contributed by atoms with van der Waals surface area (Å²) in [5.74, 6) is 0.523. The Balaban J connectivity index is 2.31. The van der Waals surface area contributed by atoms with Crippen LogP contribution in [-0.2, 0) is 11.3 Å². The number of ether oxygens (including phenoxy) is 1. The summed E-state index contributed by atoms with van der Waals surface area (Å²) in [6, 6.07) is 7.65. The molecule has 1 aromatic carbocycles. The van der Waals surface area contributed by atoms with E-state index >= 15 is 0 Å². The molecule has 0 atom stereocenters.